The Morgan fingerprint density at radius 1 is 0.833 bits per heavy atom. The number of esters is 1. The van der Waals surface area contributed by atoms with Crippen LogP contribution in [-0.2, 0) is 14.8 Å². The smallest absolute Gasteiger partial charge is 0.337 e. The second-order valence-corrected chi connectivity index (χ2v) is 8.21. The maximum Gasteiger partial charge on any atom is 0.337 e. The summed E-state index contributed by atoms with van der Waals surface area (Å²) in [5, 5.41) is 2.65. The van der Waals surface area contributed by atoms with Crippen molar-refractivity contribution in [1.29, 1.82) is 0 Å². The van der Waals surface area contributed by atoms with Crippen LogP contribution in [0.4, 0.5) is 11.4 Å². The number of carbonyl (C=O) groups excluding carboxylic acids is 2. The number of carbonyl (C=O) groups is 2. The van der Waals surface area contributed by atoms with E-state index >= 15 is 0 Å². The fourth-order valence-electron chi connectivity index (χ4n) is 2.69. The van der Waals surface area contributed by atoms with Crippen LogP contribution in [0.15, 0.2) is 77.7 Å². The van der Waals surface area contributed by atoms with Gasteiger partial charge in [-0.1, -0.05) is 29.8 Å². The summed E-state index contributed by atoms with van der Waals surface area (Å²) in [5.41, 5.74) is 2.26. The number of rotatable bonds is 6. The number of hydrogen-bond acceptors (Lipinski definition) is 5. The zero-order valence-corrected chi connectivity index (χ0v) is 17.2. The highest BCUT2D eigenvalue weighted by atomic mass is 32.2. The number of benzene rings is 3. The van der Waals surface area contributed by atoms with Gasteiger partial charge >= 0.3 is 5.97 Å². The summed E-state index contributed by atoms with van der Waals surface area (Å²) < 4.78 is 32.5. The van der Waals surface area contributed by atoms with Gasteiger partial charge < -0.3 is 10.1 Å². The van der Waals surface area contributed by atoms with Crippen molar-refractivity contribution >= 4 is 33.3 Å². The highest BCUT2D eigenvalue weighted by molar-refractivity contribution is 7.92. The SMILES string of the molecule is COC(=O)c1cccc(NC(=O)c2cccc(S(=O)(=O)Nc3ccc(C)cc3)c2)c1. The molecule has 30 heavy (non-hydrogen) atoms. The minimum absolute atomic E-state index is 0.0426. The summed E-state index contributed by atoms with van der Waals surface area (Å²) in [6.45, 7) is 1.90. The number of ether oxygens (including phenoxy) is 1. The minimum atomic E-state index is -3.87. The van der Waals surface area contributed by atoms with E-state index in [1.165, 1.54) is 37.4 Å². The molecule has 0 spiro atoms. The highest BCUT2D eigenvalue weighted by Crippen LogP contribution is 2.19. The molecule has 3 aromatic rings. The number of hydrogen-bond donors (Lipinski definition) is 2. The van der Waals surface area contributed by atoms with Crippen LogP contribution in [0.2, 0.25) is 0 Å². The maximum atomic E-state index is 12.7. The zero-order chi connectivity index (χ0) is 21.7. The lowest BCUT2D eigenvalue weighted by atomic mass is 10.1. The molecule has 0 aliphatic heterocycles. The molecule has 0 aliphatic carbocycles. The lowest BCUT2D eigenvalue weighted by molar-refractivity contribution is 0.0600. The van der Waals surface area contributed by atoms with Crippen LogP contribution in [0.5, 0.6) is 0 Å². The Hall–Kier alpha value is -3.65. The Morgan fingerprint density at radius 3 is 2.20 bits per heavy atom. The van der Waals surface area contributed by atoms with E-state index < -0.39 is 21.9 Å². The molecule has 0 radical (unpaired) electrons. The van der Waals surface area contributed by atoms with Crippen LogP contribution in [0.25, 0.3) is 0 Å². The summed E-state index contributed by atoms with van der Waals surface area (Å²) in [5.74, 6) is -1.04. The molecule has 3 aromatic carbocycles. The second-order valence-electron chi connectivity index (χ2n) is 6.53. The summed E-state index contributed by atoms with van der Waals surface area (Å²) in [7, 11) is -2.60. The van der Waals surface area contributed by atoms with Gasteiger partial charge in [-0.3, -0.25) is 9.52 Å². The topological polar surface area (TPSA) is 102 Å². The average molecular weight is 424 g/mol. The standard InChI is InChI=1S/C22H20N2O5S/c1-15-9-11-18(12-10-15)24-30(27,28)20-8-4-5-16(14-20)21(25)23-19-7-3-6-17(13-19)22(26)29-2/h3-14,24H,1-2H3,(H,23,25). The van der Waals surface area contributed by atoms with E-state index in [1.807, 2.05) is 6.92 Å². The van der Waals surface area contributed by atoms with Crippen molar-refractivity contribution in [2.24, 2.45) is 0 Å². The third kappa shape index (κ3) is 5.03. The van der Waals surface area contributed by atoms with Crippen molar-refractivity contribution in [1.82, 2.24) is 0 Å². The lowest BCUT2D eigenvalue weighted by Crippen LogP contribution is -2.16. The summed E-state index contributed by atoms with van der Waals surface area (Å²) in [6.07, 6.45) is 0. The fourth-order valence-corrected chi connectivity index (χ4v) is 3.79. The quantitative estimate of drug-likeness (QED) is 0.586. The molecule has 154 valence electrons. The zero-order valence-electron chi connectivity index (χ0n) is 16.4. The molecule has 0 saturated heterocycles. The molecule has 0 heterocycles. The predicted molar refractivity (Wildman–Crippen MR) is 114 cm³/mol. The first-order valence-corrected chi connectivity index (χ1v) is 10.5. The molecule has 0 saturated carbocycles. The molecular weight excluding hydrogens is 404 g/mol. The average Bonchev–Trinajstić information content (AvgIpc) is 2.75. The molecule has 0 fully saturated rings. The van der Waals surface area contributed by atoms with Gasteiger partial charge in [0.05, 0.1) is 17.6 Å². The van der Waals surface area contributed by atoms with Gasteiger partial charge in [0.2, 0.25) is 0 Å². The minimum Gasteiger partial charge on any atom is -0.465 e. The van der Waals surface area contributed by atoms with Crippen LogP contribution in [-0.4, -0.2) is 27.4 Å². The van der Waals surface area contributed by atoms with Crippen LogP contribution >= 0.6 is 0 Å². The molecule has 0 aliphatic rings. The Labute approximate surface area is 174 Å². The number of anilines is 2. The largest absolute Gasteiger partial charge is 0.465 e. The van der Waals surface area contributed by atoms with E-state index in [0.717, 1.165) is 5.56 Å². The Bertz CT molecular complexity index is 1190. The van der Waals surface area contributed by atoms with Crippen molar-refractivity contribution in [3.8, 4) is 0 Å². The molecule has 0 aromatic heterocycles. The molecule has 2 N–H and O–H groups in total. The number of sulfonamides is 1. The molecule has 8 heteroatoms. The van der Waals surface area contributed by atoms with Gasteiger partial charge in [-0.15, -0.1) is 0 Å². The van der Waals surface area contributed by atoms with Crippen molar-refractivity contribution < 1.29 is 22.7 Å². The molecule has 7 nitrogen and oxygen atoms in total. The molecule has 0 bridgehead atoms. The predicted octanol–water partition coefficient (Wildman–Crippen LogP) is 3.83. The van der Waals surface area contributed by atoms with Gasteiger partial charge in [0.15, 0.2) is 0 Å². The third-order valence-electron chi connectivity index (χ3n) is 4.25. The van der Waals surface area contributed by atoms with Crippen LogP contribution in [0.3, 0.4) is 0 Å². The van der Waals surface area contributed by atoms with Crippen LogP contribution in [0, 0.1) is 6.92 Å². The van der Waals surface area contributed by atoms with Crippen molar-refractivity contribution in [3.63, 3.8) is 0 Å². The number of aryl methyl sites for hydroxylation is 1. The van der Waals surface area contributed by atoms with Gasteiger partial charge in [-0.25, -0.2) is 13.2 Å². The van der Waals surface area contributed by atoms with Gasteiger partial charge in [0.1, 0.15) is 0 Å². The third-order valence-corrected chi connectivity index (χ3v) is 5.63. The molecule has 1 amide bonds. The molecule has 0 unspecified atom stereocenters. The number of methoxy groups -OCH3 is 1. The number of amides is 1. The van der Waals surface area contributed by atoms with E-state index in [9.17, 15) is 18.0 Å². The van der Waals surface area contributed by atoms with Crippen molar-refractivity contribution in [2.45, 2.75) is 11.8 Å². The first kappa shape index (κ1) is 21.1. The van der Waals surface area contributed by atoms with Gasteiger partial charge in [0.25, 0.3) is 15.9 Å². The highest BCUT2D eigenvalue weighted by Gasteiger charge is 2.17. The lowest BCUT2D eigenvalue weighted by Gasteiger charge is -2.10. The van der Waals surface area contributed by atoms with E-state index in [4.69, 9.17) is 0 Å². The van der Waals surface area contributed by atoms with E-state index in [0.29, 0.717) is 11.4 Å². The van der Waals surface area contributed by atoms with Gasteiger partial charge in [0, 0.05) is 16.9 Å². The Morgan fingerprint density at radius 2 is 1.50 bits per heavy atom. The second kappa shape index (κ2) is 8.79. The van der Waals surface area contributed by atoms with Crippen LogP contribution in [0.1, 0.15) is 26.3 Å². The number of nitrogens with one attached hydrogen (secondary N) is 2. The first-order chi connectivity index (χ1) is 14.3. The molecular formula is C22H20N2O5S. The van der Waals surface area contributed by atoms with Crippen molar-refractivity contribution in [3.05, 3.63) is 89.5 Å². The molecule has 3 rings (SSSR count). The Balaban J connectivity index is 1.80. The molecule has 0 atom stereocenters. The van der Waals surface area contributed by atoms with Gasteiger partial charge in [-0.05, 0) is 55.5 Å². The van der Waals surface area contributed by atoms with E-state index in [-0.39, 0.29) is 16.0 Å². The maximum absolute atomic E-state index is 12.7. The summed E-state index contributed by atoms with van der Waals surface area (Å²) in [6, 6.07) is 18.9. The Kier molecular flexibility index (Phi) is 6.17. The summed E-state index contributed by atoms with van der Waals surface area (Å²) in [4.78, 5) is 24.2. The monoisotopic (exact) mass is 424 g/mol. The van der Waals surface area contributed by atoms with Crippen LogP contribution < -0.4 is 10.0 Å². The van der Waals surface area contributed by atoms with Gasteiger partial charge in [-0.2, -0.15) is 0 Å². The van der Waals surface area contributed by atoms with Crippen molar-refractivity contribution in [2.75, 3.05) is 17.1 Å². The normalized spacial score (nSPS) is 10.9. The van der Waals surface area contributed by atoms with E-state index in [1.54, 1.807) is 42.5 Å². The fraction of sp³-hybridized carbons (Fsp3) is 0.0909. The van der Waals surface area contributed by atoms with E-state index in [2.05, 4.69) is 14.8 Å². The summed E-state index contributed by atoms with van der Waals surface area (Å²) >= 11 is 0. The first-order valence-electron chi connectivity index (χ1n) is 8.98.